The second-order valence-corrected chi connectivity index (χ2v) is 5.01. The minimum absolute atomic E-state index is 0.0469. The SMILES string of the molecule is Nc1nc(CC(=O)NCc2ccccc2OC(F)F)cs1. The number of alkyl halides is 2. The van der Waals surface area contributed by atoms with Crippen molar-refractivity contribution in [1.29, 1.82) is 0 Å². The number of nitrogen functional groups attached to an aromatic ring is 1. The number of nitrogens with one attached hydrogen (secondary N) is 1. The fraction of sp³-hybridized carbons (Fsp3) is 0.231. The van der Waals surface area contributed by atoms with Crippen molar-refractivity contribution in [3.63, 3.8) is 0 Å². The number of nitrogens with two attached hydrogens (primary N) is 1. The topological polar surface area (TPSA) is 77.2 Å². The molecule has 3 N–H and O–H groups in total. The molecule has 0 spiro atoms. The van der Waals surface area contributed by atoms with Crippen LogP contribution in [-0.4, -0.2) is 17.5 Å². The molecule has 1 aromatic heterocycles. The van der Waals surface area contributed by atoms with Gasteiger partial charge in [0.1, 0.15) is 5.75 Å². The maximum Gasteiger partial charge on any atom is 0.387 e. The van der Waals surface area contributed by atoms with Crippen molar-refractivity contribution in [2.45, 2.75) is 19.6 Å². The maximum atomic E-state index is 12.3. The van der Waals surface area contributed by atoms with Crippen LogP contribution in [0.2, 0.25) is 0 Å². The van der Waals surface area contributed by atoms with Gasteiger partial charge in [0.2, 0.25) is 5.91 Å². The normalized spacial score (nSPS) is 10.6. The Morgan fingerprint density at radius 1 is 1.43 bits per heavy atom. The van der Waals surface area contributed by atoms with Crippen molar-refractivity contribution in [3.05, 3.63) is 40.9 Å². The lowest BCUT2D eigenvalue weighted by atomic mass is 10.2. The molecule has 112 valence electrons. The van der Waals surface area contributed by atoms with E-state index in [1.54, 1.807) is 23.6 Å². The Bertz CT molecular complexity index is 619. The Morgan fingerprint density at radius 2 is 2.19 bits per heavy atom. The van der Waals surface area contributed by atoms with E-state index in [0.29, 0.717) is 16.4 Å². The molecule has 0 fully saturated rings. The third-order valence-corrected chi connectivity index (χ3v) is 3.30. The highest BCUT2D eigenvalue weighted by atomic mass is 32.1. The summed E-state index contributed by atoms with van der Waals surface area (Å²) in [6.07, 6.45) is 0.0889. The first-order valence-corrected chi connectivity index (χ1v) is 6.92. The molecule has 1 heterocycles. The average molecular weight is 313 g/mol. The quantitative estimate of drug-likeness (QED) is 0.857. The summed E-state index contributed by atoms with van der Waals surface area (Å²) < 4.78 is 28.9. The van der Waals surface area contributed by atoms with Gasteiger partial charge in [0, 0.05) is 17.5 Å². The summed E-state index contributed by atoms with van der Waals surface area (Å²) in [7, 11) is 0. The second-order valence-electron chi connectivity index (χ2n) is 4.12. The van der Waals surface area contributed by atoms with E-state index in [0.717, 1.165) is 0 Å². The van der Waals surface area contributed by atoms with Crippen LogP contribution in [0.1, 0.15) is 11.3 Å². The van der Waals surface area contributed by atoms with E-state index in [2.05, 4.69) is 15.0 Å². The molecule has 0 saturated carbocycles. The van der Waals surface area contributed by atoms with Crippen molar-refractivity contribution in [3.8, 4) is 5.75 Å². The Labute approximate surface area is 123 Å². The van der Waals surface area contributed by atoms with Gasteiger partial charge in [-0.3, -0.25) is 4.79 Å². The molecule has 2 rings (SSSR count). The second kappa shape index (κ2) is 6.98. The van der Waals surface area contributed by atoms with Gasteiger partial charge in [-0.1, -0.05) is 18.2 Å². The monoisotopic (exact) mass is 313 g/mol. The highest BCUT2D eigenvalue weighted by Crippen LogP contribution is 2.20. The Morgan fingerprint density at radius 3 is 2.86 bits per heavy atom. The molecule has 21 heavy (non-hydrogen) atoms. The number of carbonyl (C=O) groups is 1. The number of benzene rings is 1. The number of thiazole rings is 1. The standard InChI is InChI=1S/C13H13F2N3O2S/c14-12(15)20-10-4-2-1-3-8(10)6-17-11(19)5-9-7-21-13(16)18-9/h1-4,7,12H,5-6H2,(H2,16,18)(H,17,19). The van der Waals surface area contributed by atoms with E-state index >= 15 is 0 Å². The molecule has 0 radical (unpaired) electrons. The number of rotatable bonds is 6. The van der Waals surface area contributed by atoms with Crippen LogP contribution < -0.4 is 15.8 Å². The van der Waals surface area contributed by atoms with Crippen LogP contribution in [0.15, 0.2) is 29.6 Å². The number of ether oxygens (including phenoxy) is 1. The Kier molecular flexibility index (Phi) is 5.04. The van der Waals surface area contributed by atoms with Crippen LogP contribution in [0.5, 0.6) is 5.75 Å². The lowest BCUT2D eigenvalue weighted by molar-refractivity contribution is -0.120. The number of amides is 1. The maximum absolute atomic E-state index is 12.3. The lowest BCUT2D eigenvalue weighted by Gasteiger charge is -2.11. The number of hydrogen-bond acceptors (Lipinski definition) is 5. The van der Waals surface area contributed by atoms with E-state index in [-0.39, 0.29) is 24.6 Å². The van der Waals surface area contributed by atoms with Gasteiger partial charge in [-0.25, -0.2) is 4.98 Å². The summed E-state index contributed by atoms with van der Waals surface area (Å²) in [5.41, 5.74) is 6.53. The predicted octanol–water partition coefficient (Wildman–Crippen LogP) is 2.19. The molecular weight excluding hydrogens is 300 g/mol. The first kappa shape index (κ1) is 15.2. The number of anilines is 1. The molecule has 0 unspecified atom stereocenters. The van der Waals surface area contributed by atoms with Crippen LogP contribution in [0.4, 0.5) is 13.9 Å². The van der Waals surface area contributed by atoms with Crippen molar-refractivity contribution in [1.82, 2.24) is 10.3 Å². The number of carbonyl (C=O) groups excluding carboxylic acids is 1. The van der Waals surface area contributed by atoms with Gasteiger partial charge in [0.15, 0.2) is 5.13 Å². The largest absolute Gasteiger partial charge is 0.434 e. The molecular formula is C13H13F2N3O2S. The molecule has 2 aromatic rings. The molecule has 1 aromatic carbocycles. The minimum Gasteiger partial charge on any atom is -0.434 e. The Balaban J connectivity index is 1.92. The molecule has 0 saturated heterocycles. The number of para-hydroxylation sites is 1. The molecule has 5 nitrogen and oxygen atoms in total. The van der Waals surface area contributed by atoms with E-state index in [1.165, 1.54) is 17.4 Å². The smallest absolute Gasteiger partial charge is 0.387 e. The third-order valence-electron chi connectivity index (χ3n) is 2.58. The van der Waals surface area contributed by atoms with Crippen molar-refractivity contribution in [2.24, 2.45) is 0 Å². The van der Waals surface area contributed by atoms with Gasteiger partial charge in [0.25, 0.3) is 0 Å². The summed E-state index contributed by atoms with van der Waals surface area (Å²) in [5.74, 6) is -0.224. The van der Waals surface area contributed by atoms with Crippen LogP contribution in [0.3, 0.4) is 0 Å². The molecule has 0 aliphatic carbocycles. The molecule has 1 amide bonds. The van der Waals surface area contributed by atoms with Gasteiger partial charge >= 0.3 is 6.61 Å². The van der Waals surface area contributed by atoms with Crippen LogP contribution in [0.25, 0.3) is 0 Å². The molecule has 0 bridgehead atoms. The highest BCUT2D eigenvalue weighted by Gasteiger charge is 2.11. The first-order chi connectivity index (χ1) is 10.0. The summed E-state index contributed by atoms with van der Waals surface area (Å²) >= 11 is 1.25. The van der Waals surface area contributed by atoms with Crippen molar-refractivity contribution < 1.29 is 18.3 Å². The minimum atomic E-state index is -2.90. The summed E-state index contributed by atoms with van der Waals surface area (Å²) in [6.45, 7) is -2.80. The zero-order chi connectivity index (χ0) is 15.2. The molecule has 0 aliphatic heterocycles. The predicted molar refractivity (Wildman–Crippen MR) is 75.2 cm³/mol. The van der Waals surface area contributed by atoms with Crippen molar-refractivity contribution in [2.75, 3.05) is 5.73 Å². The number of aromatic nitrogens is 1. The summed E-state index contributed by atoms with van der Waals surface area (Å²) in [4.78, 5) is 15.7. The van der Waals surface area contributed by atoms with Gasteiger partial charge in [0.05, 0.1) is 12.1 Å². The molecule has 0 aliphatic rings. The van der Waals surface area contributed by atoms with Gasteiger partial charge in [-0.15, -0.1) is 11.3 Å². The highest BCUT2D eigenvalue weighted by molar-refractivity contribution is 7.13. The van der Waals surface area contributed by atoms with Crippen molar-refractivity contribution >= 4 is 22.4 Å². The fourth-order valence-corrected chi connectivity index (χ4v) is 2.25. The zero-order valence-electron chi connectivity index (χ0n) is 10.9. The first-order valence-electron chi connectivity index (χ1n) is 6.04. The average Bonchev–Trinajstić information content (AvgIpc) is 2.82. The lowest BCUT2D eigenvalue weighted by Crippen LogP contribution is -2.25. The summed E-state index contributed by atoms with van der Waals surface area (Å²) in [5, 5.41) is 4.72. The number of hydrogen-bond donors (Lipinski definition) is 2. The number of nitrogens with zero attached hydrogens (tertiary/aromatic N) is 1. The van der Waals surface area contributed by atoms with Gasteiger partial charge < -0.3 is 15.8 Å². The number of halogens is 2. The van der Waals surface area contributed by atoms with E-state index < -0.39 is 6.61 Å². The third kappa shape index (κ3) is 4.67. The van der Waals surface area contributed by atoms with Crippen LogP contribution in [-0.2, 0) is 17.8 Å². The van der Waals surface area contributed by atoms with E-state index in [1.807, 2.05) is 0 Å². The molecule has 0 atom stereocenters. The summed E-state index contributed by atoms with van der Waals surface area (Å²) in [6, 6.07) is 6.30. The Hall–Kier alpha value is -2.22. The fourth-order valence-electron chi connectivity index (χ4n) is 1.69. The van der Waals surface area contributed by atoms with E-state index in [4.69, 9.17) is 5.73 Å². The molecule has 8 heteroatoms. The van der Waals surface area contributed by atoms with Crippen LogP contribution in [0, 0.1) is 0 Å². The van der Waals surface area contributed by atoms with Crippen LogP contribution >= 0.6 is 11.3 Å². The van der Waals surface area contributed by atoms with Gasteiger partial charge in [-0.05, 0) is 6.07 Å². The van der Waals surface area contributed by atoms with Gasteiger partial charge in [-0.2, -0.15) is 8.78 Å². The van der Waals surface area contributed by atoms with E-state index in [9.17, 15) is 13.6 Å². The zero-order valence-corrected chi connectivity index (χ0v) is 11.7.